The second-order valence-corrected chi connectivity index (χ2v) is 3.14. The van der Waals surface area contributed by atoms with E-state index in [-0.39, 0.29) is 0 Å². The van der Waals surface area contributed by atoms with Gasteiger partial charge in [0.05, 0.1) is 11.4 Å². The lowest BCUT2D eigenvalue weighted by atomic mass is 10.2. The van der Waals surface area contributed by atoms with Crippen LogP contribution in [0.3, 0.4) is 0 Å². The molecule has 0 bridgehead atoms. The van der Waals surface area contributed by atoms with E-state index >= 15 is 0 Å². The van der Waals surface area contributed by atoms with Gasteiger partial charge in [-0.1, -0.05) is 0 Å². The first-order valence-electron chi connectivity index (χ1n) is 4.68. The molecule has 0 aliphatic carbocycles. The number of hydrogen-bond donors (Lipinski definition) is 2. The van der Waals surface area contributed by atoms with Gasteiger partial charge in [0.2, 0.25) is 6.41 Å². The molecule has 0 spiro atoms. The van der Waals surface area contributed by atoms with Gasteiger partial charge in [-0.15, -0.1) is 0 Å². The summed E-state index contributed by atoms with van der Waals surface area (Å²) in [6.45, 7) is 0. The Morgan fingerprint density at radius 1 is 1.31 bits per heavy atom. The van der Waals surface area contributed by atoms with E-state index in [0.29, 0.717) is 23.6 Å². The zero-order valence-electron chi connectivity index (χ0n) is 8.42. The van der Waals surface area contributed by atoms with Crippen LogP contribution in [-0.4, -0.2) is 16.4 Å². The summed E-state index contributed by atoms with van der Waals surface area (Å²) in [4.78, 5) is 18.6. The van der Waals surface area contributed by atoms with Crippen LogP contribution in [0.1, 0.15) is 0 Å². The van der Waals surface area contributed by atoms with Gasteiger partial charge in [-0.3, -0.25) is 9.78 Å². The first kappa shape index (κ1) is 10.1. The van der Waals surface area contributed by atoms with Gasteiger partial charge >= 0.3 is 0 Å². The van der Waals surface area contributed by atoms with Crippen LogP contribution in [0, 0.1) is 0 Å². The van der Waals surface area contributed by atoms with Crippen molar-refractivity contribution >= 4 is 17.9 Å². The first-order chi connectivity index (χ1) is 7.81. The standard InChI is InChI=1S/C11H10N4O/c12-9-3-4-10(15-11(9)14-7-16)8-2-1-5-13-6-8/h1-7H,12H2,(H,14,15,16). The van der Waals surface area contributed by atoms with Crippen molar-refractivity contribution < 1.29 is 4.79 Å². The molecule has 0 aromatic carbocycles. The largest absolute Gasteiger partial charge is 0.396 e. The fraction of sp³-hybridized carbons (Fsp3) is 0. The molecule has 2 heterocycles. The lowest BCUT2D eigenvalue weighted by molar-refractivity contribution is -0.105. The van der Waals surface area contributed by atoms with Crippen molar-refractivity contribution in [1.29, 1.82) is 0 Å². The van der Waals surface area contributed by atoms with Gasteiger partial charge in [-0.05, 0) is 24.3 Å². The Morgan fingerprint density at radius 3 is 2.88 bits per heavy atom. The van der Waals surface area contributed by atoms with Gasteiger partial charge < -0.3 is 11.1 Å². The zero-order chi connectivity index (χ0) is 11.4. The number of pyridine rings is 2. The van der Waals surface area contributed by atoms with Gasteiger partial charge in [0, 0.05) is 18.0 Å². The number of nitrogens with one attached hydrogen (secondary N) is 1. The second-order valence-electron chi connectivity index (χ2n) is 3.14. The number of anilines is 2. The molecule has 0 fully saturated rings. The summed E-state index contributed by atoms with van der Waals surface area (Å²) in [6.07, 6.45) is 3.93. The summed E-state index contributed by atoms with van der Waals surface area (Å²) in [6, 6.07) is 7.18. The smallest absolute Gasteiger partial charge is 0.212 e. The Labute approximate surface area is 92.3 Å². The molecule has 80 valence electrons. The molecule has 0 aliphatic heterocycles. The average molecular weight is 214 g/mol. The molecule has 2 aromatic rings. The number of nitrogens with two attached hydrogens (primary N) is 1. The maximum absolute atomic E-state index is 10.4. The predicted molar refractivity (Wildman–Crippen MR) is 61.6 cm³/mol. The highest BCUT2D eigenvalue weighted by molar-refractivity contribution is 5.78. The normalized spacial score (nSPS) is 9.75. The van der Waals surface area contributed by atoms with E-state index in [0.717, 1.165) is 5.56 Å². The Kier molecular flexibility index (Phi) is 2.77. The molecule has 0 aliphatic rings. The van der Waals surface area contributed by atoms with Crippen LogP contribution in [0.4, 0.5) is 11.5 Å². The predicted octanol–water partition coefficient (Wildman–Crippen LogP) is 1.29. The van der Waals surface area contributed by atoms with E-state index < -0.39 is 0 Å². The second kappa shape index (κ2) is 4.39. The van der Waals surface area contributed by atoms with Crippen molar-refractivity contribution in [3.63, 3.8) is 0 Å². The van der Waals surface area contributed by atoms with E-state index in [2.05, 4.69) is 15.3 Å². The average Bonchev–Trinajstić information content (AvgIpc) is 2.33. The molecule has 0 saturated heterocycles. The van der Waals surface area contributed by atoms with E-state index in [9.17, 15) is 4.79 Å². The minimum absolute atomic E-state index is 0.358. The third-order valence-corrected chi connectivity index (χ3v) is 2.08. The molecule has 0 saturated carbocycles. The molecule has 2 aromatic heterocycles. The molecular formula is C11H10N4O. The third kappa shape index (κ3) is 1.98. The quantitative estimate of drug-likeness (QED) is 0.754. The Morgan fingerprint density at radius 2 is 2.19 bits per heavy atom. The van der Waals surface area contributed by atoms with E-state index in [1.165, 1.54) is 0 Å². The van der Waals surface area contributed by atoms with Crippen molar-refractivity contribution in [1.82, 2.24) is 9.97 Å². The highest BCUT2D eigenvalue weighted by Gasteiger charge is 2.04. The number of hydrogen-bond acceptors (Lipinski definition) is 4. The molecular weight excluding hydrogens is 204 g/mol. The van der Waals surface area contributed by atoms with Crippen molar-refractivity contribution in [3.8, 4) is 11.3 Å². The Hall–Kier alpha value is -2.43. The number of nitrogens with zero attached hydrogens (tertiary/aromatic N) is 2. The van der Waals surface area contributed by atoms with E-state index in [1.807, 2.05) is 12.1 Å². The zero-order valence-corrected chi connectivity index (χ0v) is 8.42. The summed E-state index contributed by atoms with van der Waals surface area (Å²) >= 11 is 0. The van der Waals surface area contributed by atoms with Crippen molar-refractivity contribution in [2.45, 2.75) is 0 Å². The topological polar surface area (TPSA) is 80.9 Å². The summed E-state index contributed by atoms with van der Waals surface area (Å²) in [5.41, 5.74) is 7.67. The van der Waals surface area contributed by atoms with Gasteiger partial charge in [0.25, 0.3) is 0 Å². The van der Waals surface area contributed by atoms with Crippen LogP contribution < -0.4 is 11.1 Å². The van der Waals surface area contributed by atoms with Gasteiger partial charge in [0.15, 0.2) is 5.82 Å². The van der Waals surface area contributed by atoms with Crippen molar-refractivity contribution in [2.75, 3.05) is 11.1 Å². The number of carbonyl (C=O) groups is 1. The van der Waals surface area contributed by atoms with Crippen LogP contribution in [0.2, 0.25) is 0 Å². The lowest BCUT2D eigenvalue weighted by Crippen LogP contribution is -2.02. The minimum Gasteiger partial charge on any atom is -0.396 e. The minimum atomic E-state index is 0.358. The summed E-state index contributed by atoms with van der Waals surface area (Å²) in [5.74, 6) is 0.358. The lowest BCUT2D eigenvalue weighted by Gasteiger charge is -2.05. The van der Waals surface area contributed by atoms with Gasteiger partial charge in [0.1, 0.15) is 0 Å². The third-order valence-electron chi connectivity index (χ3n) is 2.08. The molecule has 0 radical (unpaired) electrons. The van der Waals surface area contributed by atoms with E-state index in [4.69, 9.17) is 5.73 Å². The molecule has 1 amide bonds. The highest BCUT2D eigenvalue weighted by Crippen LogP contribution is 2.21. The van der Waals surface area contributed by atoms with Crippen molar-refractivity contribution in [2.24, 2.45) is 0 Å². The molecule has 0 unspecified atom stereocenters. The monoisotopic (exact) mass is 214 g/mol. The van der Waals surface area contributed by atoms with E-state index in [1.54, 1.807) is 24.5 Å². The number of nitrogen functional groups attached to an aromatic ring is 1. The van der Waals surface area contributed by atoms with Crippen LogP contribution in [0.15, 0.2) is 36.7 Å². The van der Waals surface area contributed by atoms with Crippen LogP contribution in [0.5, 0.6) is 0 Å². The fourth-order valence-corrected chi connectivity index (χ4v) is 1.32. The Balaban J connectivity index is 2.43. The van der Waals surface area contributed by atoms with Crippen LogP contribution in [0.25, 0.3) is 11.3 Å². The fourth-order valence-electron chi connectivity index (χ4n) is 1.32. The summed E-state index contributed by atoms with van der Waals surface area (Å²) in [7, 11) is 0. The van der Waals surface area contributed by atoms with Gasteiger partial charge in [-0.25, -0.2) is 4.98 Å². The molecule has 5 heteroatoms. The molecule has 16 heavy (non-hydrogen) atoms. The molecule has 2 rings (SSSR count). The number of amides is 1. The Bertz CT molecular complexity index is 499. The highest BCUT2D eigenvalue weighted by atomic mass is 16.1. The SMILES string of the molecule is Nc1ccc(-c2cccnc2)nc1NC=O. The maximum atomic E-state index is 10.4. The number of aromatic nitrogens is 2. The molecule has 3 N–H and O–H groups in total. The summed E-state index contributed by atoms with van der Waals surface area (Å²) < 4.78 is 0. The van der Waals surface area contributed by atoms with Crippen molar-refractivity contribution in [3.05, 3.63) is 36.7 Å². The summed E-state index contributed by atoms with van der Waals surface area (Å²) in [5, 5.41) is 2.45. The molecule has 0 atom stereocenters. The maximum Gasteiger partial charge on any atom is 0.212 e. The number of rotatable bonds is 3. The van der Waals surface area contributed by atoms with Gasteiger partial charge in [-0.2, -0.15) is 0 Å². The number of carbonyl (C=O) groups excluding carboxylic acids is 1. The van der Waals surface area contributed by atoms with Crippen LogP contribution >= 0.6 is 0 Å². The molecule has 5 nitrogen and oxygen atoms in total. The van der Waals surface area contributed by atoms with Crippen LogP contribution in [-0.2, 0) is 4.79 Å². The first-order valence-corrected chi connectivity index (χ1v) is 4.68.